The lowest BCUT2D eigenvalue weighted by Gasteiger charge is -2.24. The van der Waals surface area contributed by atoms with E-state index in [2.05, 4.69) is 4.98 Å². The number of alkyl halides is 3. The van der Waals surface area contributed by atoms with Gasteiger partial charge in [0.25, 0.3) is 0 Å². The molecule has 0 atom stereocenters. The number of benzene rings is 1. The van der Waals surface area contributed by atoms with Crippen LogP contribution in [-0.4, -0.2) is 11.5 Å². The van der Waals surface area contributed by atoms with Gasteiger partial charge in [-0.3, -0.25) is 4.98 Å². The Morgan fingerprint density at radius 3 is 2.52 bits per heavy atom. The van der Waals surface area contributed by atoms with E-state index in [1.807, 2.05) is 24.0 Å². The summed E-state index contributed by atoms with van der Waals surface area (Å²) in [6, 6.07) is 9.45. The Morgan fingerprint density at radius 1 is 1.19 bits per heavy atom. The van der Waals surface area contributed by atoms with Gasteiger partial charge in [-0.25, -0.2) is 0 Å². The van der Waals surface area contributed by atoms with Gasteiger partial charge in [0.05, 0.1) is 17.8 Å². The van der Waals surface area contributed by atoms with Gasteiger partial charge >= 0.3 is 6.18 Å². The Hall–Kier alpha value is -2.24. The van der Waals surface area contributed by atoms with Gasteiger partial charge in [-0.1, -0.05) is 6.07 Å². The van der Waals surface area contributed by atoms with Gasteiger partial charge in [-0.05, 0) is 37.3 Å². The van der Waals surface area contributed by atoms with Crippen LogP contribution in [0.3, 0.4) is 0 Å². The van der Waals surface area contributed by atoms with Crippen molar-refractivity contribution in [3.63, 3.8) is 0 Å². The fourth-order valence-corrected chi connectivity index (χ4v) is 2.06. The minimum absolute atomic E-state index is 0.264. The zero-order valence-electron chi connectivity index (χ0n) is 11.6. The monoisotopic (exact) mass is 295 g/mol. The lowest BCUT2D eigenvalue weighted by Crippen LogP contribution is -2.23. The molecule has 3 nitrogen and oxygen atoms in total. The number of aromatic nitrogens is 1. The van der Waals surface area contributed by atoms with E-state index in [0.29, 0.717) is 18.8 Å². The molecule has 0 aliphatic heterocycles. The first-order chi connectivity index (χ1) is 9.91. The van der Waals surface area contributed by atoms with Crippen LogP contribution in [0.15, 0.2) is 42.6 Å². The number of nitrogen functional groups attached to an aromatic ring is 1. The summed E-state index contributed by atoms with van der Waals surface area (Å²) in [5, 5.41) is 0. The standard InChI is InChI=1S/C15H16F3N3/c1-2-21(10-11-5-3-4-8-20-11)12-6-7-14(19)13(9-12)15(16,17)18/h3-9H,2,10,19H2,1H3. The van der Waals surface area contributed by atoms with Crippen molar-refractivity contribution in [2.24, 2.45) is 0 Å². The summed E-state index contributed by atoms with van der Waals surface area (Å²) in [5.41, 5.74) is 5.62. The summed E-state index contributed by atoms with van der Waals surface area (Å²) in [7, 11) is 0. The van der Waals surface area contributed by atoms with Crippen LogP contribution in [0.1, 0.15) is 18.2 Å². The molecule has 6 heteroatoms. The molecule has 112 valence electrons. The second kappa shape index (κ2) is 6.03. The fourth-order valence-electron chi connectivity index (χ4n) is 2.06. The molecule has 0 saturated carbocycles. The molecule has 2 aromatic rings. The minimum atomic E-state index is -4.45. The maximum absolute atomic E-state index is 12.9. The van der Waals surface area contributed by atoms with Gasteiger partial charge in [-0.2, -0.15) is 13.2 Å². The van der Waals surface area contributed by atoms with Crippen LogP contribution in [0.25, 0.3) is 0 Å². The van der Waals surface area contributed by atoms with Crippen molar-refractivity contribution in [1.82, 2.24) is 4.98 Å². The molecular formula is C15H16F3N3. The van der Waals surface area contributed by atoms with Crippen LogP contribution in [-0.2, 0) is 12.7 Å². The van der Waals surface area contributed by atoms with E-state index < -0.39 is 11.7 Å². The Labute approximate surface area is 121 Å². The molecule has 1 aromatic heterocycles. The molecule has 0 spiro atoms. The van der Waals surface area contributed by atoms with E-state index in [1.54, 1.807) is 18.3 Å². The number of hydrogen-bond donors (Lipinski definition) is 1. The smallest absolute Gasteiger partial charge is 0.398 e. The molecule has 0 aliphatic carbocycles. The average Bonchev–Trinajstić information content (AvgIpc) is 2.45. The number of hydrogen-bond acceptors (Lipinski definition) is 3. The second-order valence-corrected chi connectivity index (χ2v) is 4.60. The van der Waals surface area contributed by atoms with Crippen LogP contribution in [0.4, 0.5) is 24.5 Å². The Kier molecular flexibility index (Phi) is 4.35. The van der Waals surface area contributed by atoms with Gasteiger partial charge < -0.3 is 10.6 Å². The molecule has 0 unspecified atom stereocenters. The maximum atomic E-state index is 12.9. The van der Waals surface area contributed by atoms with Crippen LogP contribution in [0, 0.1) is 0 Å². The number of halogens is 3. The number of anilines is 2. The molecule has 2 rings (SSSR count). The van der Waals surface area contributed by atoms with Gasteiger partial charge in [0.2, 0.25) is 0 Å². The molecule has 0 radical (unpaired) electrons. The Bertz CT molecular complexity index is 597. The van der Waals surface area contributed by atoms with E-state index in [0.717, 1.165) is 11.8 Å². The van der Waals surface area contributed by atoms with Crippen LogP contribution >= 0.6 is 0 Å². The molecule has 1 heterocycles. The van der Waals surface area contributed by atoms with Gasteiger partial charge in [0.1, 0.15) is 0 Å². The van der Waals surface area contributed by atoms with Crippen LogP contribution in [0.5, 0.6) is 0 Å². The topological polar surface area (TPSA) is 42.2 Å². The third-order valence-electron chi connectivity index (χ3n) is 3.17. The molecule has 0 saturated heterocycles. The number of nitrogens with two attached hydrogens (primary N) is 1. The third kappa shape index (κ3) is 3.65. The third-order valence-corrected chi connectivity index (χ3v) is 3.17. The maximum Gasteiger partial charge on any atom is 0.418 e. The van der Waals surface area contributed by atoms with E-state index >= 15 is 0 Å². The van der Waals surface area contributed by atoms with Gasteiger partial charge in [0.15, 0.2) is 0 Å². The highest BCUT2D eigenvalue weighted by Gasteiger charge is 2.33. The zero-order chi connectivity index (χ0) is 15.5. The van der Waals surface area contributed by atoms with Crippen molar-refractivity contribution >= 4 is 11.4 Å². The summed E-state index contributed by atoms with van der Waals surface area (Å²) >= 11 is 0. The lowest BCUT2D eigenvalue weighted by atomic mass is 10.1. The van der Waals surface area contributed by atoms with E-state index in [4.69, 9.17) is 5.73 Å². The second-order valence-electron chi connectivity index (χ2n) is 4.60. The Balaban J connectivity index is 2.30. The van der Waals surface area contributed by atoms with Gasteiger partial charge in [-0.15, -0.1) is 0 Å². The van der Waals surface area contributed by atoms with Crippen LogP contribution in [0.2, 0.25) is 0 Å². The van der Waals surface area contributed by atoms with E-state index in [1.165, 1.54) is 6.07 Å². The van der Waals surface area contributed by atoms with Crippen molar-refractivity contribution < 1.29 is 13.2 Å². The number of nitrogens with zero attached hydrogens (tertiary/aromatic N) is 2. The van der Waals surface area contributed by atoms with Crippen molar-refractivity contribution in [2.75, 3.05) is 17.2 Å². The largest absolute Gasteiger partial charge is 0.418 e. The zero-order valence-corrected chi connectivity index (χ0v) is 11.6. The van der Waals surface area contributed by atoms with Crippen LogP contribution < -0.4 is 10.6 Å². The minimum Gasteiger partial charge on any atom is -0.398 e. The molecule has 0 amide bonds. The SMILES string of the molecule is CCN(Cc1ccccn1)c1ccc(N)c(C(F)(F)F)c1. The summed E-state index contributed by atoms with van der Waals surface area (Å²) < 4.78 is 38.7. The first-order valence-electron chi connectivity index (χ1n) is 6.53. The highest BCUT2D eigenvalue weighted by Crippen LogP contribution is 2.36. The van der Waals surface area contributed by atoms with Crippen molar-refractivity contribution in [3.05, 3.63) is 53.9 Å². The molecule has 0 bridgehead atoms. The summed E-state index contributed by atoms with van der Waals surface area (Å²) in [6.07, 6.45) is -2.79. The summed E-state index contributed by atoms with van der Waals surface area (Å²) in [4.78, 5) is 6.01. The van der Waals surface area contributed by atoms with E-state index in [9.17, 15) is 13.2 Å². The highest BCUT2D eigenvalue weighted by atomic mass is 19.4. The molecule has 0 fully saturated rings. The fraction of sp³-hybridized carbons (Fsp3) is 0.267. The lowest BCUT2D eigenvalue weighted by molar-refractivity contribution is -0.136. The van der Waals surface area contributed by atoms with Gasteiger partial charge in [0, 0.05) is 24.1 Å². The molecule has 2 N–H and O–H groups in total. The normalized spacial score (nSPS) is 11.4. The highest BCUT2D eigenvalue weighted by molar-refractivity contribution is 5.59. The average molecular weight is 295 g/mol. The summed E-state index contributed by atoms with van der Waals surface area (Å²) in [6.45, 7) is 2.89. The van der Waals surface area contributed by atoms with Crippen molar-refractivity contribution in [3.8, 4) is 0 Å². The first kappa shape index (κ1) is 15.2. The van der Waals surface area contributed by atoms with Crippen molar-refractivity contribution in [1.29, 1.82) is 0 Å². The molecule has 0 aliphatic rings. The predicted molar refractivity (Wildman–Crippen MR) is 76.8 cm³/mol. The quantitative estimate of drug-likeness (QED) is 0.874. The predicted octanol–water partition coefficient (Wildman–Crippen LogP) is 3.71. The van der Waals surface area contributed by atoms with E-state index in [-0.39, 0.29) is 5.69 Å². The molecule has 1 aromatic carbocycles. The first-order valence-corrected chi connectivity index (χ1v) is 6.53. The molecular weight excluding hydrogens is 279 g/mol. The summed E-state index contributed by atoms with van der Waals surface area (Å²) in [5.74, 6) is 0. The van der Waals surface area contributed by atoms with Crippen molar-refractivity contribution in [2.45, 2.75) is 19.6 Å². The number of pyridine rings is 1. The molecule has 21 heavy (non-hydrogen) atoms. The Morgan fingerprint density at radius 2 is 1.95 bits per heavy atom. The number of rotatable bonds is 4.